The van der Waals surface area contributed by atoms with E-state index in [1.54, 1.807) is 0 Å². The van der Waals surface area contributed by atoms with Gasteiger partial charge in [-0.3, -0.25) is 0 Å². The minimum atomic E-state index is -0.800. The smallest absolute Gasteiger partial charge is 0.164 e. The molecule has 154 valence electrons. The minimum Gasteiger partial charge on any atom is -0.383 e. The highest BCUT2D eigenvalue weighted by Gasteiger charge is 2.40. The first-order valence-corrected chi connectivity index (χ1v) is 10.9. The van der Waals surface area contributed by atoms with E-state index in [4.69, 9.17) is 9.47 Å². The number of benzene rings is 2. The normalized spacial score (nSPS) is 24.3. The maximum absolute atomic E-state index is 10.6. The van der Waals surface area contributed by atoms with E-state index >= 15 is 0 Å². The summed E-state index contributed by atoms with van der Waals surface area (Å²) in [4.78, 5) is 0. The summed E-state index contributed by atoms with van der Waals surface area (Å²) >= 11 is 6.96. The third-order valence-corrected chi connectivity index (χ3v) is 5.96. The van der Waals surface area contributed by atoms with E-state index in [0.717, 1.165) is 11.1 Å². The highest BCUT2D eigenvalue weighted by atomic mass is 79.9. The fourth-order valence-corrected chi connectivity index (χ4v) is 4.21. The SMILES string of the molecule is CC1(C)O[C@H](/C=C(/Br)C(O)c2ccccc2)[C@@H](/C=C(/Br)C(O)c2ccccc2)O1. The van der Waals surface area contributed by atoms with Gasteiger partial charge in [0.05, 0.1) is 0 Å². The van der Waals surface area contributed by atoms with Crippen molar-refractivity contribution in [3.8, 4) is 0 Å². The number of hydrogen-bond donors (Lipinski definition) is 2. The van der Waals surface area contributed by atoms with E-state index in [9.17, 15) is 10.2 Å². The lowest BCUT2D eigenvalue weighted by Crippen LogP contribution is -2.21. The second kappa shape index (κ2) is 9.69. The van der Waals surface area contributed by atoms with Crippen LogP contribution >= 0.6 is 31.9 Å². The van der Waals surface area contributed by atoms with Crippen molar-refractivity contribution in [3.05, 3.63) is 92.9 Å². The lowest BCUT2D eigenvalue weighted by atomic mass is 10.1. The molecule has 2 N–H and O–H groups in total. The molecule has 6 heteroatoms. The molecule has 1 saturated heterocycles. The fourth-order valence-electron chi connectivity index (χ4n) is 3.16. The van der Waals surface area contributed by atoms with E-state index in [2.05, 4.69) is 31.9 Å². The van der Waals surface area contributed by atoms with Gasteiger partial charge in [0.1, 0.15) is 24.4 Å². The third-order valence-electron chi connectivity index (χ3n) is 4.56. The number of aliphatic hydroxyl groups excluding tert-OH is 2. The van der Waals surface area contributed by atoms with Crippen molar-refractivity contribution in [2.24, 2.45) is 0 Å². The molecular formula is C23H24Br2O4. The van der Waals surface area contributed by atoms with Gasteiger partial charge in [-0.1, -0.05) is 92.5 Å². The van der Waals surface area contributed by atoms with Crippen LogP contribution in [0, 0.1) is 0 Å². The van der Waals surface area contributed by atoms with Crippen LogP contribution in [0.4, 0.5) is 0 Å². The molecule has 4 nitrogen and oxygen atoms in total. The van der Waals surface area contributed by atoms with Crippen LogP contribution in [0.15, 0.2) is 81.8 Å². The molecule has 2 unspecified atom stereocenters. The van der Waals surface area contributed by atoms with Gasteiger partial charge in [-0.15, -0.1) is 0 Å². The first-order chi connectivity index (χ1) is 13.8. The largest absolute Gasteiger partial charge is 0.383 e. The van der Waals surface area contributed by atoms with Gasteiger partial charge in [0, 0.05) is 8.96 Å². The van der Waals surface area contributed by atoms with E-state index < -0.39 is 30.2 Å². The predicted molar refractivity (Wildman–Crippen MR) is 121 cm³/mol. The van der Waals surface area contributed by atoms with Crippen LogP contribution < -0.4 is 0 Å². The minimum absolute atomic E-state index is 0.437. The van der Waals surface area contributed by atoms with Crippen molar-refractivity contribution in [2.45, 2.75) is 44.1 Å². The summed E-state index contributed by atoms with van der Waals surface area (Å²) in [5.41, 5.74) is 1.56. The van der Waals surface area contributed by atoms with Crippen LogP contribution in [-0.4, -0.2) is 28.2 Å². The Morgan fingerprint density at radius 1 is 0.793 bits per heavy atom. The maximum atomic E-state index is 10.6. The van der Waals surface area contributed by atoms with Crippen molar-refractivity contribution in [1.29, 1.82) is 0 Å². The molecule has 29 heavy (non-hydrogen) atoms. The van der Waals surface area contributed by atoms with Crippen LogP contribution in [0.2, 0.25) is 0 Å². The van der Waals surface area contributed by atoms with Crippen LogP contribution in [0.5, 0.6) is 0 Å². The van der Waals surface area contributed by atoms with Gasteiger partial charge < -0.3 is 19.7 Å². The van der Waals surface area contributed by atoms with Crippen molar-refractivity contribution in [1.82, 2.24) is 0 Å². The highest BCUT2D eigenvalue weighted by molar-refractivity contribution is 9.12. The van der Waals surface area contributed by atoms with Crippen LogP contribution in [0.3, 0.4) is 0 Å². The predicted octanol–water partition coefficient (Wildman–Crippen LogP) is 5.53. The van der Waals surface area contributed by atoms with Gasteiger partial charge in [0.25, 0.3) is 0 Å². The highest BCUT2D eigenvalue weighted by Crippen LogP contribution is 2.36. The first-order valence-electron chi connectivity index (χ1n) is 9.33. The number of hydrogen-bond acceptors (Lipinski definition) is 4. The molecule has 0 radical (unpaired) electrons. The monoisotopic (exact) mass is 522 g/mol. The summed E-state index contributed by atoms with van der Waals surface area (Å²) in [6.07, 6.45) is 1.14. The van der Waals surface area contributed by atoms with E-state index in [0.29, 0.717) is 8.96 Å². The van der Waals surface area contributed by atoms with Crippen molar-refractivity contribution < 1.29 is 19.7 Å². The molecule has 2 aromatic carbocycles. The van der Waals surface area contributed by atoms with Gasteiger partial charge in [0.15, 0.2) is 5.79 Å². The van der Waals surface area contributed by atoms with E-state index in [1.807, 2.05) is 86.7 Å². The summed E-state index contributed by atoms with van der Waals surface area (Å²) in [7, 11) is 0. The molecule has 1 heterocycles. The van der Waals surface area contributed by atoms with Gasteiger partial charge in [0.2, 0.25) is 0 Å². The quantitative estimate of drug-likeness (QED) is 0.522. The molecule has 0 aliphatic carbocycles. The second-order valence-electron chi connectivity index (χ2n) is 7.29. The molecule has 1 aliphatic heterocycles. The summed E-state index contributed by atoms with van der Waals surface area (Å²) < 4.78 is 13.2. The Morgan fingerprint density at radius 2 is 1.14 bits per heavy atom. The number of aliphatic hydroxyl groups is 2. The molecule has 3 rings (SSSR count). The van der Waals surface area contributed by atoms with Crippen LogP contribution in [0.1, 0.15) is 37.2 Å². The van der Waals surface area contributed by atoms with Gasteiger partial charge in [-0.2, -0.15) is 0 Å². The Kier molecular flexibility index (Phi) is 7.48. The molecule has 0 aromatic heterocycles. The standard InChI is InChI=1S/C23H24Br2O4/c1-23(2)28-19(13-17(24)21(26)15-9-5-3-6-10-15)20(29-23)14-18(25)22(27)16-11-7-4-8-12-16/h3-14,19-22,26-27H,1-2H3/b17-13+,18-14+/t19-,20-,21?,22?/m1/s1. The number of ether oxygens (including phenoxy) is 2. The lowest BCUT2D eigenvalue weighted by molar-refractivity contribution is -0.139. The van der Waals surface area contributed by atoms with Gasteiger partial charge in [-0.25, -0.2) is 0 Å². The van der Waals surface area contributed by atoms with Crippen molar-refractivity contribution >= 4 is 31.9 Å². The van der Waals surface area contributed by atoms with Gasteiger partial charge in [-0.05, 0) is 37.1 Å². The first kappa shape index (κ1) is 22.4. The zero-order valence-electron chi connectivity index (χ0n) is 16.2. The summed E-state index contributed by atoms with van der Waals surface area (Å²) in [6, 6.07) is 18.8. The molecule has 2 aromatic rings. The molecule has 1 fully saturated rings. The second-order valence-corrected chi connectivity index (χ2v) is 9.13. The molecule has 0 spiro atoms. The Labute approximate surface area is 188 Å². The third kappa shape index (κ3) is 5.87. The number of halogens is 2. The molecule has 0 saturated carbocycles. The summed E-state index contributed by atoms with van der Waals surface area (Å²) in [5.74, 6) is -0.793. The van der Waals surface area contributed by atoms with Crippen molar-refractivity contribution in [2.75, 3.05) is 0 Å². The number of rotatable bonds is 6. The Bertz CT molecular complexity index is 793. The molecule has 1 aliphatic rings. The Morgan fingerprint density at radius 3 is 1.48 bits per heavy atom. The van der Waals surface area contributed by atoms with Crippen LogP contribution in [-0.2, 0) is 9.47 Å². The molecule has 4 atom stereocenters. The topological polar surface area (TPSA) is 58.9 Å². The molecule has 0 bridgehead atoms. The molecule has 0 amide bonds. The van der Waals surface area contributed by atoms with Crippen molar-refractivity contribution in [3.63, 3.8) is 0 Å². The van der Waals surface area contributed by atoms with E-state index in [1.165, 1.54) is 0 Å². The lowest BCUT2D eigenvalue weighted by Gasteiger charge is -2.16. The van der Waals surface area contributed by atoms with Crippen LogP contribution in [0.25, 0.3) is 0 Å². The van der Waals surface area contributed by atoms with E-state index in [-0.39, 0.29) is 0 Å². The summed E-state index contributed by atoms with van der Waals surface area (Å²) in [5, 5.41) is 21.2. The molecular weight excluding hydrogens is 500 g/mol. The average molecular weight is 524 g/mol. The summed E-state index contributed by atoms with van der Waals surface area (Å²) in [6.45, 7) is 3.68. The fraction of sp³-hybridized carbons (Fsp3) is 0.304. The van der Waals surface area contributed by atoms with Gasteiger partial charge >= 0.3 is 0 Å². The average Bonchev–Trinajstić information content (AvgIpc) is 3.00. The Hall–Kier alpha value is -1.28. The zero-order valence-corrected chi connectivity index (χ0v) is 19.4. The zero-order chi connectivity index (χ0) is 21.0. The maximum Gasteiger partial charge on any atom is 0.164 e. The Balaban J connectivity index is 1.81.